The van der Waals surface area contributed by atoms with Gasteiger partial charge in [-0.25, -0.2) is 0 Å². The van der Waals surface area contributed by atoms with E-state index in [1.54, 1.807) is 0 Å². The van der Waals surface area contributed by atoms with Crippen molar-refractivity contribution in [2.45, 2.75) is 39.0 Å². The number of amides is 1. The molecule has 6 heteroatoms. The van der Waals surface area contributed by atoms with Crippen LogP contribution in [0.1, 0.15) is 40.2 Å². The summed E-state index contributed by atoms with van der Waals surface area (Å²) in [5.74, 6) is 0.405. The molecule has 0 unspecified atom stereocenters. The lowest BCUT2D eigenvalue weighted by molar-refractivity contribution is -0.181. The fourth-order valence-corrected chi connectivity index (χ4v) is 4.39. The standard InChI is InChI=1S/C23H26N2O4/c1-16-3-5-18(6-4-16)15-25-19-13-17(2)29-21(19)14-20(25)22(26)24-9-7-23(8-10-24)27-11-12-28-23/h3-6,13-14H,7-12,15H2,1-2H3. The predicted molar refractivity (Wildman–Crippen MR) is 109 cm³/mol. The first-order valence-electron chi connectivity index (χ1n) is 10.3. The van der Waals surface area contributed by atoms with Gasteiger partial charge >= 0.3 is 0 Å². The first-order chi connectivity index (χ1) is 14.0. The maximum absolute atomic E-state index is 13.4. The van der Waals surface area contributed by atoms with E-state index in [0.29, 0.717) is 51.4 Å². The predicted octanol–water partition coefficient (Wildman–Crippen LogP) is 3.88. The molecule has 0 bridgehead atoms. The van der Waals surface area contributed by atoms with Crippen LogP contribution in [0.4, 0.5) is 0 Å². The van der Waals surface area contributed by atoms with Gasteiger partial charge in [0, 0.05) is 44.6 Å². The maximum Gasteiger partial charge on any atom is 0.270 e. The van der Waals surface area contributed by atoms with Crippen LogP contribution in [-0.2, 0) is 16.0 Å². The molecular weight excluding hydrogens is 368 g/mol. The van der Waals surface area contributed by atoms with E-state index in [1.807, 2.05) is 24.0 Å². The Kier molecular flexibility index (Phi) is 4.48. The quantitative estimate of drug-likeness (QED) is 0.677. The van der Waals surface area contributed by atoms with Gasteiger partial charge in [0.25, 0.3) is 5.91 Å². The van der Waals surface area contributed by atoms with Crippen molar-refractivity contribution in [2.75, 3.05) is 26.3 Å². The number of hydrogen-bond donors (Lipinski definition) is 0. The van der Waals surface area contributed by atoms with Crippen LogP contribution in [0.5, 0.6) is 0 Å². The van der Waals surface area contributed by atoms with E-state index in [9.17, 15) is 4.79 Å². The zero-order chi connectivity index (χ0) is 20.0. The Morgan fingerprint density at radius 3 is 2.41 bits per heavy atom. The number of aryl methyl sites for hydroxylation is 2. The molecule has 3 aromatic rings. The molecule has 0 radical (unpaired) electrons. The molecule has 0 N–H and O–H groups in total. The smallest absolute Gasteiger partial charge is 0.270 e. The summed E-state index contributed by atoms with van der Waals surface area (Å²) in [6.45, 7) is 7.19. The fourth-order valence-electron chi connectivity index (χ4n) is 4.39. The van der Waals surface area contributed by atoms with Gasteiger partial charge < -0.3 is 23.4 Å². The van der Waals surface area contributed by atoms with Gasteiger partial charge in [0.2, 0.25) is 0 Å². The van der Waals surface area contributed by atoms with Gasteiger partial charge in [-0.2, -0.15) is 0 Å². The van der Waals surface area contributed by atoms with E-state index in [0.717, 1.165) is 22.4 Å². The second kappa shape index (κ2) is 7.04. The lowest BCUT2D eigenvalue weighted by atomic mass is 10.0. The highest BCUT2D eigenvalue weighted by atomic mass is 16.7. The summed E-state index contributed by atoms with van der Waals surface area (Å²) in [6.07, 6.45) is 1.43. The van der Waals surface area contributed by atoms with Crippen LogP contribution < -0.4 is 0 Å². The van der Waals surface area contributed by atoms with E-state index in [2.05, 4.69) is 35.8 Å². The molecule has 2 aliphatic rings. The summed E-state index contributed by atoms with van der Waals surface area (Å²) >= 11 is 0. The maximum atomic E-state index is 13.4. The number of nitrogens with zero attached hydrogens (tertiary/aromatic N) is 2. The van der Waals surface area contributed by atoms with Crippen LogP contribution in [0.2, 0.25) is 0 Å². The number of likely N-dealkylation sites (tertiary alicyclic amines) is 1. The van der Waals surface area contributed by atoms with Crippen LogP contribution in [0.3, 0.4) is 0 Å². The zero-order valence-corrected chi connectivity index (χ0v) is 16.9. The summed E-state index contributed by atoms with van der Waals surface area (Å²) in [5.41, 5.74) is 4.77. The molecule has 2 aromatic heterocycles. The van der Waals surface area contributed by atoms with Gasteiger partial charge in [0.05, 0.1) is 18.7 Å². The summed E-state index contributed by atoms with van der Waals surface area (Å²) in [7, 11) is 0. The molecule has 1 spiro atoms. The molecule has 0 aliphatic carbocycles. The molecule has 1 aromatic carbocycles. The second-order valence-electron chi connectivity index (χ2n) is 8.11. The third kappa shape index (κ3) is 3.36. The van der Waals surface area contributed by atoms with Crippen LogP contribution in [0.25, 0.3) is 11.1 Å². The van der Waals surface area contributed by atoms with E-state index in [4.69, 9.17) is 13.9 Å². The largest absolute Gasteiger partial charge is 0.460 e. The number of fused-ring (bicyclic) bond motifs is 1. The highest BCUT2D eigenvalue weighted by Crippen LogP contribution is 2.33. The Labute approximate surface area is 170 Å². The second-order valence-corrected chi connectivity index (χ2v) is 8.11. The van der Waals surface area contributed by atoms with E-state index in [-0.39, 0.29) is 5.91 Å². The minimum absolute atomic E-state index is 0.0361. The molecule has 0 saturated carbocycles. The van der Waals surface area contributed by atoms with Gasteiger partial charge in [-0.15, -0.1) is 0 Å². The molecule has 29 heavy (non-hydrogen) atoms. The van der Waals surface area contributed by atoms with Gasteiger partial charge in [-0.3, -0.25) is 4.79 Å². The molecule has 152 valence electrons. The Hall–Kier alpha value is -2.57. The first kappa shape index (κ1) is 18.5. The van der Waals surface area contributed by atoms with Crippen LogP contribution in [0.15, 0.2) is 40.8 Å². The molecule has 1 amide bonds. The molecule has 5 rings (SSSR count). The third-order valence-electron chi connectivity index (χ3n) is 6.02. The van der Waals surface area contributed by atoms with Gasteiger partial charge in [0.1, 0.15) is 11.5 Å². The number of ether oxygens (including phenoxy) is 2. The number of furan rings is 1. The molecule has 4 heterocycles. The minimum Gasteiger partial charge on any atom is -0.460 e. The highest BCUT2D eigenvalue weighted by Gasteiger charge is 2.41. The lowest BCUT2D eigenvalue weighted by Crippen LogP contribution is -2.47. The normalized spacial score (nSPS) is 18.8. The molecular formula is C23H26N2O4. The molecule has 2 saturated heterocycles. The van der Waals surface area contributed by atoms with Gasteiger partial charge in [-0.1, -0.05) is 29.8 Å². The average molecular weight is 394 g/mol. The zero-order valence-electron chi connectivity index (χ0n) is 16.9. The lowest BCUT2D eigenvalue weighted by Gasteiger charge is -2.37. The first-order valence-corrected chi connectivity index (χ1v) is 10.3. The Bertz CT molecular complexity index is 1030. The summed E-state index contributed by atoms with van der Waals surface area (Å²) in [4.78, 5) is 15.3. The summed E-state index contributed by atoms with van der Waals surface area (Å²) in [5, 5.41) is 0. The van der Waals surface area contributed by atoms with Crippen LogP contribution in [-0.4, -0.2) is 47.5 Å². The number of aromatic nitrogens is 1. The minimum atomic E-state index is -0.481. The molecule has 6 nitrogen and oxygen atoms in total. The number of rotatable bonds is 3. The van der Waals surface area contributed by atoms with Crippen molar-refractivity contribution in [1.29, 1.82) is 0 Å². The van der Waals surface area contributed by atoms with Crippen molar-refractivity contribution in [3.05, 3.63) is 59.0 Å². The molecule has 2 aliphatic heterocycles. The average Bonchev–Trinajstić information content (AvgIpc) is 3.40. The molecule has 0 atom stereocenters. The number of carbonyl (C=O) groups excluding carboxylic acids is 1. The molecule has 2 fully saturated rings. The third-order valence-corrected chi connectivity index (χ3v) is 6.02. The number of carbonyl (C=O) groups is 1. The summed E-state index contributed by atoms with van der Waals surface area (Å²) in [6, 6.07) is 12.3. The van der Waals surface area contributed by atoms with Crippen molar-refractivity contribution in [2.24, 2.45) is 0 Å². The van der Waals surface area contributed by atoms with E-state index in [1.165, 1.54) is 5.56 Å². The number of benzene rings is 1. The Morgan fingerprint density at radius 2 is 1.72 bits per heavy atom. The Balaban J connectivity index is 1.43. The van der Waals surface area contributed by atoms with Crippen LogP contribution >= 0.6 is 0 Å². The van der Waals surface area contributed by atoms with Crippen molar-refractivity contribution in [3.8, 4) is 0 Å². The van der Waals surface area contributed by atoms with Crippen LogP contribution in [0, 0.1) is 13.8 Å². The monoisotopic (exact) mass is 394 g/mol. The van der Waals surface area contributed by atoms with Gasteiger partial charge in [0.15, 0.2) is 11.4 Å². The SMILES string of the molecule is Cc1ccc(Cn2c(C(=O)N3CCC4(CC3)OCCO4)cc3oc(C)cc32)cc1. The number of hydrogen-bond acceptors (Lipinski definition) is 4. The summed E-state index contributed by atoms with van der Waals surface area (Å²) < 4.78 is 19.5. The Morgan fingerprint density at radius 1 is 1.03 bits per heavy atom. The van der Waals surface area contributed by atoms with Crippen molar-refractivity contribution in [3.63, 3.8) is 0 Å². The van der Waals surface area contributed by atoms with E-state index < -0.39 is 5.79 Å². The van der Waals surface area contributed by atoms with Crippen molar-refractivity contribution < 1.29 is 18.7 Å². The number of piperidine rings is 1. The van der Waals surface area contributed by atoms with E-state index >= 15 is 0 Å². The fraction of sp³-hybridized carbons (Fsp3) is 0.435. The topological polar surface area (TPSA) is 56.8 Å². The van der Waals surface area contributed by atoms with Crippen molar-refractivity contribution in [1.82, 2.24) is 9.47 Å². The van der Waals surface area contributed by atoms with Crippen molar-refractivity contribution >= 4 is 17.0 Å². The van der Waals surface area contributed by atoms with Gasteiger partial charge in [-0.05, 0) is 19.4 Å². The highest BCUT2D eigenvalue weighted by molar-refractivity contribution is 5.97.